The number of esters is 1. The molecule has 0 saturated heterocycles. The predicted octanol–water partition coefficient (Wildman–Crippen LogP) is 4.05. The van der Waals surface area contributed by atoms with Gasteiger partial charge in [-0.1, -0.05) is 61.9 Å². The van der Waals surface area contributed by atoms with Gasteiger partial charge in [-0.15, -0.1) is 0 Å². The third-order valence-corrected chi connectivity index (χ3v) is 4.40. The molecule has 0 bridgehead atoms. The van der Waals surface area contributed by atoms with Crippen LogP contribution in [0.2, 0.25) is 0 Å². The van der Waals surface area contributed by atoms with Crippen molar-refractivity contribution in [2.75, 3.05) is 6.61 Å². The first-order valence-electron chi connectivity index (χ1n) is 9.05. The van der Waals surface area contributed by atoms with Gasteiger partial charge < -0.3 is 10.1 Å². The largest absolute Gasteiger partial charge is 0.455 e. The van der Waals surface area contributed by atoms with Gasteiger partial charge in [0.1, 0.15) is 0 Å². The quantitative estimate of drug-likeness (QED) is 0.729. The lowest BCUT2D eigenvalue weighted by molar-refractivity contribution is -0.148. The topological polar surface area (TPSA) is 55.4 Å². The Morgan fingerprint density at radius 3 is 2.42 bits per heavy atom. The van der Waals surface area contributed by atoms with Crippen LogP contribution in [-0.4, -0.2) is 18.5 Å². The molecule has 0 aromatic heterocycles. The highest BCUT2D eigenvalue weighted by atomic mass is 16.5. The van der Waals surface area contributed by atoms with Crippen LogP contribution >= 0.6 is 0 Å². The number of hydrogen-bond acceptors (Lipinski definition) is 3. The van der Waals surface area contributed by atoms with Gasteiger partial charge in [0.15, 0.2) is 6.61 Å². The second-order valence-corrected chi connectivity index (χ2v) is 6.58. The molecule has 0 saturated carbocycles. The molecule has 1 N–H and O–H groups in total. The van der Waals surface area contributed by atoms with Crippen LogP contribution in [0.4, 0.5) is 0 Å². The summed E-state index contributed by atoms with van der Waals surface area (Å²) in [4.78, 5) is 24.2. The summed E-state index contributed by atoms with van der Waals surface area (Å²) in [5.41, 5.74) is 4.28. The molecule has 4 heteroatoms. The number of rotatable bonds is 8. The molecule has 2 rings (SSSR count). The molecule has 0 aliphatic carbocycles. The Labute approximate surface area is 155 Å². The molecule has 1 atom stereocenters. The van der Waals surface area contributed by atoms with Crippen LogP contribution in [0.25, 0.3) is 0 Å². The maximum Gasteiger partial charge on any atom is 0.310 e. The van der Waals surface area contributed by atoms with E-state index < -0.39 is 5.97 Å². The van der Waals surface area contributed by atoms with Gasteiger partial charge in [-0.25, -0.2) is 0 Å². The SMILES string of the molecule is CCC[C@@H](NC(=O)COC(=O)Cc1ccc(C)c(C)c1)c1ccccc1. The molecule has 0 aliphatic heterocycles. The molecule has 0 unspecified atom stereocenters. The molecule has 0 aliphatic rings. The summed E-state index contributed by atoms with van der Waals surface area (Å²) >= 11 is 0. The van der Waals surface area contributed by atoms with Crippen molar-refractivity contribution in [3.63, 3.8) is 0 Å². The Bertz CT molecular complexity index is 740. The van der Waals surface area contributed by atoms with Crippen LogP contribution in [0.1, 0.15) is 48.1 Å². The summed E-state index contributed by atoms with van der Waals surface area (Å²) in [6.07, 6.45) is 1.96. The van der Waals surface area contributed by atoms with E-state index in [4.69, 9.17) is 4.74 Å². The summed E-state index contributed by atoms with van der Waals surface area (Å²) in [7, 11) is 0. The van der Waals surface area contributed by atoms with E-state index in [0.717, 1.165) is 29.5 Å². The lowest BCUT2D eigenvalue weighted by Crippen LogP contribution is -2.32. The number of nitrogens with one attached hydrogen (secondary N) is 1. The smallest absolute Gasteiger partial charge is 0.310 e. The second-order valence-electron chi connectivity index (χ2n) is 6.58. The van der Waals surface area contributed by atoms with Crippen molar-refractivity contribution >= 4 is 11.9 Å². The molecule has 2 aromatic carbocycles. The van der Waals surface area contributed by atoms with Crippen molar-refractivity contribution in [2.24, 2.45) is 0 Å². The highest BCUT2D eigenvalue weighted by Gasteiger charge is 2.15. The number of amides is 1. The van der Waals surface area contributed by atoms with Crippen molar-refractivity contribution in [3.05, 3.63) is 70.8 Å². The lowest BCUT2D eigenvalue weighted by atomic mass is 10.0. The minimum absolute atomic E-state index is 0.0628. The van der Waals surface area contributed by atoms with Gasteiger partial charge in [0, 0.05) is 0 Å². The number of carbonyl (C=O) groups is 2. The number of carbonyl (C=O) groups excluding carboxylic acids is 2. The fraction of sp³-hybridized carbons (Fsp3) is 0.364. The summed E-state index contributed by atoms with van der Waals surface area (Å²) in [6.45, 7) is 5.86. The molecule has 0 heterocycles. The molecule has 138 valence electrons. The monoisotopic (exact) mass is 353 g/mol. The Balaban J connectivity index is 1.84. The lowest BCUT2D eigenvalue weighted by Gasteiger charge is -2.18. The second kappa shape index (κ2) is 9.76. The van der Waals surface area contributed by atoms with Gasteiger partial charge in [-0.05, 0) is 42.5 Å². The first kappa shape index (κ1) is 19.7. The van der Waals surface area contributed by atoms with E-state index in [9.17, 15) is 9.59 Å². The third kappa shape index (κ3) is 6.03. The summed E-state index contributed by atoms with van der Waals surface area (Å²) in [5.74, 6) is -0.670. The number of aryl methyl sites for hydroxylation is 2. The molecular formula is C22H27NO3. The zero-order chi connectivity index (χ0) is 18.9. The Morgan fingerprint density at radius 2 is 1.77 bits per heavy atom. The third-order valence-electron chi connectivity index (χ3n) is 4.40. The van der Waals surface area contributed by atoms with Gasteiger partial charge in [0.25, 0.3) is 5.91 Å². The molecule has 4 nitrogen and oxygen atoms in total. The highest BCUT2D eigenvalue weighted by molar-refractivity contribution is 5.81. The number of ether oxygens (including phenoxy) is 1. The van der Waals surface area contributed by atoms with E-state index in [2.05, 4.69) is 12.2 Å². The zero-order valence-electron chi connectivity index (χ0n) is 15.7. The van der Waals surface area contributed by atoms with Gasteiger partial charge in [0.2, 0.25) is 0 Å². The Hall–Kier alpha value is -2.62. The molecule has 26 heavy (non-hydrogen) atoms. The van der Waals surface area contributed by atoms with Crippen molar-refractivity contribution < 1.29 is 14.3 Å². The molecular weight excluding hydrogens is 326 g/mol. The van der Waals surface area contributed by atoms with E-state index in [-0.39, 0.29) is 25.0 Å². The standard InChI is InChI=1S/C22H27NO3/c1-4-8-20(19-9-6-5-7-10-19)23-21(24)15-26-22(25)14-18-12-11-16(2)17(3)13-18/h5-7,9-13,20H,4,8,14-15H2,1-3H3,(H,23,24)/t20-/m1/s1. The maximum absolute atomic E-state index is 12.2. The first-order valence-corrected chi connectivity index (χ1v) is 9.05. The molecule has 0 fully saturated rings. The van der Waals surface area contributed by atoms with Crippen LogP contribution in [0.15, 0.2) is 48.5 Å². The van der Waals surface area contributed by atoms with E-state index in [1.807, 2.05) is 62.4 Å². The molecule has 0 radical (unpaired) electrons. The Morgan fingerprint density at radius 1 is 1.04 bits per heavy atom. The fourth-order valence-corrected chi connectivity index (χ4v) is 2.81. The minimum atomic E-state index is -0.393. The van der Waals surface area contributed by atoms with Crippen LogP contribution < -0.4 is 5.32 Å². The van der Waals surface area contributed by atoms with Crippen molar-refractivity contribution in [2.45, 2.75) is 46.1 Å². The van der Waals surface area contributed by atoms with E-state index in [1.165, 1.54) is 5.56 Å². The van der Waals surface area contributed by atoms with E-state index in [1.54, 1.807) is 0 Å². The van der Waals surface area contributed by atoms with Gasteiger partial charge in [-0.3, -0.25) is 9.59 Å². The van der Waals surface area contributed by atoms with Crippen LogP contribution in [0.3, 0.4) is 0 Å². The minimum Gasteiger partial charge on any atom is -0.455 e. The van der Waals surface area contributed by atoms with Gasteiger partial charge in [0.05, 0.1) is 12.5 Å². The average Bonchev–Trinajstić information content (AvgIpc) is 2.63. The first-order chi connectivity index (χ1) is 12.5. The van der Waals surface area contributed by atoms with Crippen LogP contribution in [0.5, 0.6) is 0 Å². The van der Waals surface area contributed by atoms with Gasteiger partial charge in [-0.2, -0.15) is 0 Å². The summed E-state index contributed by atoms with van der Waals surface area (Å²) in [5, 5.41) is 2.95. The van der Waals surface area contributed by atoms with Crippen molar-refractivity contribution in [3.8, 4) is 0 Å². The van der Waals surface area contributed by atoms with Crippen molar-refractivity contribution in [1.82, 2.24) is 5.32 Å². The van der Waals surface area contributed by atoms with Crippen LogP contribution in [-0.2, 0) is 20.7 Å². The molecule has 1 amide bonds. The summed E-state index contributed by atoms with van der Waals surface area (Å²) < 4.78 is 5.14. The fourth-order valence-electron chi connectivity index (χ4n) is 2.81. The zero-order valence-corrected chi connectivity index (χ0v) is 15.7. The maximum atomic E-state index is 12.2. The summed E-state index contributed by atoms with van der Waals surface area (Å²) in [6, 6.07) is 15.6. The molecule has 0 spiro atoms. The predicted molar refractivity (Wildman–Crippen MR) is 103 cm³/mol. The normalized spacial score (nSPS) is 11.7. The van der Waals surface area contributed by atoms with Crippen LogP contribution in [0, 0.1) is 13.8 Å². The average molecular weight is 353 g/mol. The highest BCUT2D eigenvalue weighted by Crippen LogP contribution is 2.18. The Kier molecular flexibility index (Phi) is 7.39. The van der Waals surface area contributed by atoms with E-state index in [0.29, 0.717) is 0 Å². The van der Waals surface area contributed by atoms with Crippen molar-refractivity contribution in [1.29, 1.82) is 0 Å². The van der Waals surface area contributed by atoms with E-state index >= 15 is 0 Å². The number of hydrogen-bond donors (Lipinski definition) is 1. The number of benzene rings is 2. The molecule has 2 aromatic rings. The van der Waals surface area contributed by atoms with Gasteiger partial charge >= 0.3 is 5.97 Å².